The van der Waals surface area contributed by atoms with E-state index in [0.29, 0.717) is 6.54 Å². The van der Waals surface area contributed by atoms with Crippen molar-refractivity contribution >= 4 is 5.69 Å². The van der Waals surface area contributed by atoms with Gasteiger partial charge in [0.25, 0.3) is 0 Å². The molecule has 0 fully saturated rings. The van der Waals surface area contributed by atoms with E-state index in [1.165, 1.54) is 0 Å². The van der Waals surface area contributed by atoms with E-state index in [2.05, 4.69) is 10.3 Å². The molecule has 3 N–H and O–H groups in total. The molecule has 4 heteroatoms. The van der Waals surface area contributed by atoms with Crippen LogP contribution >= 0.6 is 0 Å². The third kappa shape index (κ3) is 2.57. The first-order chi connectivity index (χ1) is 7.36. The molecule has 0 unspecified atom stereocenters. The fraction of sp³-hybridized carbons (Fsp3) is 0.182. The number of nitrogens with two attached hydrogens (primary N) is 1. The van der Waals surface area contributed by atoms with Crippen molar-refractivity contribution in [2.45, 2.75) is 13.1 Å². The van der Waals surface area contributed by atoms with Crippen LogP contribution in [-0.4, -0.2) is 4.98 Å². The van der Waals surface area contributed by atoms with Crippen LogP contribution in [0.25, 0.3) is 0 Å². The number of aromatic nitrogens is 1. The highest BCUT2D eigenvalue weighted by atomic mass is 16.3. The van der Waals surface area contributed by atoms with Crippen LogP contribution in [0.15, 0.2) is 41.3 Å². The van der Waals surface area contributed by atoms with E-state index in [9.17, 15) is 0 Å². The average molecular weight is 203 g/mol. The maximum atomic E-state index is 5.76. The number of anilines is 1. The molecule has 78 valence electrons. The minimum Gasteiger partial charge on any atom is -0.472 e. The molecule has 0 aliphatic rings. The number of hydrogen-bond donors (Lipinski definition) is 2. The van der Waals surface area contributed by atoms with Crippen molar-refractivity contribution in [3.8, 4) is 0 Å². The zero-order valence-electron chi connectivity index (χ0n) is 8.31. The number of rotatable bonds is 4. The molecule has 15 heavy (non-hydrogen) atoms. The van der Waals surface area contributed by atoms with Gasteiger partial charge >= 0.3 is 0 Å². The number of nitrogens with zero attached hydrogens (tertiary/aromatic N) is 1. The third-order valence-corrected chi connectivity index (χ3v) is 2.13. The van der Waals surface area contributed by atoms with Crippen LogP contribution in [0.4, 0.5) is 5.69 Å². The molecule has 0 aliphatic carbocycles. The lowest BCUT2D eigenvalue weighted by Gasteiger charge is -2.04. The second kappa shape index (κ2) is 4.61. The Kier molecular flexibility index (Phi) is 2.99. The lowest BCUT2D eigenvalue weighted by Crippen LogP contribution is -2.14. The van der Waals surface area contributed by atoms with Gasteiger partial charge in [0.05, 0.1) is 23.9 Å². The van der Waals surface area contributed by atoms with Gasteiger partial charge in [0.15, 0.2) is 0 Å². The molecule has 0 aromatic carbocycles. The van der Waals surface area contributed by atoms with Gasteiger partial charge in [-0.05, 0) is 18.2 Å². The highest BCUT2D eigenvalue weighted by Crippen LogP contribution is 2.06. The maximum Gasteiger partial charge on any atom is 0.0947 e. The van der Waals surface area contributed by atoms with E-state index in [-0.39, 0.29) is 0 Å². The van der Waals surface area contributed by atoms with Gasteiger partial charge in [-0.1, -0.05) is 0 Å². The maximum absolute atomic E-state index is 5.76. The van der Waals surface area contributed by atoms with E-state index in [1.54, 1.807) is 18.7 Å². The minimum absolute atomic E-state index is 0.665. The average Bonchev–Trinajstić information content (AvgIpc) is 2.74. The van der Waals surface area contributed by atoms with Crippen LogP contribution < -0.4 is 11.1 Å². The van der Waals surface area contributed by atoms with Crippen molar-refractivity contribution in [2.24, 2.45) is 0 Å². The summed E-state index contributed by atoms with van der Waals surface area (Å²) in [7, 11) is 0. The molecule has 2 aromatic heterocycles. The summed E-state index contributed by atoms with van der Waals surface area (Å²) in [5, 5.41) is 3.24. The highest BCUT2D eigenvalue weighted by Gasteiger charge is 1.99. The number of pyridine rings is 1. The zero-order valence-corrected chi connectivity index (χ0v) is 8.31. The van der Waals surface area contributed by atoms with E-state index in [4.69, 9.17) is 10.2 Å². The van der Waals surface area contributed by atoms with Gasteiger partial charge in [-0.15, -0.1) is 0 Å². The van der Waals surface area contributed by atoms with Crippen molar-refractivity contribution in [2.75, 3.05) is 5.73 Å². The van der Waals surface area contributed by atoms with Gasteiger partial charge in [0.1, 0.15) is 0 Å². The smallest absolute Gasteiger partial charge is 0.0947 e. The Morgan fingerprint density at radius 2 is 2.27 bits per heavy atom. The molecule has 0 saturated heterocycles. The Hall–Kier alpha value is -1.81. The third-order valence-electron chi connectivity index (χ3n) is 2.13. The molecular weight excluding hydrogens is 190 g/mol. The summed E-state index contributed by atoms with van der Waals surface area (Å²) in [6.45, 7) is 1.42. The van der Waals surface area contributed by atoms with Gasteiger partial charge in [-0.3, -0.25) is 4.98 Å². The van der Waals surface area contributed by atoms with Gasteiger partial charge in [-0.2, -0.15) is 0 Å². The first kappa shape index (κ1) is 9.73. The SMILES string of the molecule is Nc1cccnc1CNCc1ccoc1. The van der Waals surface area contributed by atoms with Crippen molar-refractivity contribution in [1.29, 1.82) is 0 Å². The molecule has 0 radical (unpaired) electrons. The summed E-state index contributed by atoms with van der Waals surface area (Å²) in [5.41, 5.74) is 8.47. The van der Waals surface area contributed by atoms with Crippen LogP contribution in [0, 0.1) is 0 Å². The normalized spacial score (nSPS) is 10.4. The molecule has 0 spiro atoms. The van der Waals surface area contributed by atoms with E-state index in [1.807, 2.05) is 18.2 Å². The second-order valence-corrected chi connectivity index (χ2v) is 3.27. The largest absolute Gasteiger partial charge is 0.472 e. The van der Waals surface area contributed by atoms with Crippen LogP contribution in [0.1, 0.15) is 11.3 Å². The summed E-state index contributed by atoms with van der Waals surface area (Å²) in [6, 6.07) is 5.60. The molecule has 0 saturated carbocycles. The zero-order chi connectivity index (χ0) is 10.5. The van der Waals surface area contributed by atoms with E-state index >= 15 is 0 Å². The Bertz CT molecular complexity index is 412. The first-order valence-corrected chi connectivity index (χ1v) is 4.77. The molecule has 0 bridgehead atoms. The van der Waals surface area contributed by atoms with Gasteiger partial charge in [0.2, 0.25) is 0 Å². The van der Waals surface area contributed by atoms with Crippen LogP contribution in [-0.2, 0) is 13.1 Å². The lowest BCUT2D eigenvalue weighted by atomic mass is 10.3. The van der Waals surface area contributed by atoms with Crippen molar-refractivity contribution in [3.63, 3.8) is 0 Å². The Balaban J connectivity index is 1.86. The topological polar surface area (TPSA) is 64.1 Å². The Morgan fingerprint density at radius 1 is 1.33 bits per heavy atom. The fourth-order valence-electron chi connectivity index (χ4n) is 1.32. The molecular formula is C11H13N3O. The second-order valence-electron chi connectivity index (χ2n) is 3.27. The highest BCUT2D eigenvalue weighted by molar-refractivity contribution is 5.41. The molecule has 2 rings (SSSR count). The first-order valence-electron chi connectivity index (χ1n) is 4.77. The molecule has 2 heterocycles. The van der Waals surface area contributed by atoms with Crippen LogP contribution in [0.3, 0.4) is 0 Å². The standard InChI is InChI=1S/C11H13N3O/c12-10-2-1-4-14-11(10)7-13-6-9-3-5-15-8-9/h1-5,8,13H,6-7,12H2. The molecule has 0 amide bonds. The molecule has 0 atom stereocenters. The van der Waals surface area contributed by atoms with Crippen molar-refractivity contribution in [3.05, 3.63) is 48.2 Å². The van der Waals surface area contributed by atoms with Gasteiger partial charge in [0, 0.05) is 24.8 Å². The Labute approximate surface area is 88.1 Å². The van der Waals surface area contributed by atoms with E-state index < -0.39 is 0 Å². The minimum atomic E-state index is 0.665. The molecule has 2 aromatic rings. The lowest BCUT2D eigenvalue weighted by molar-refractivity contribution is 0.560. The van der Waals surface area contributed by atoms with E-state index in [0.717, 1.165) is 23.5 Å². The number of furan rings is 1. The summed E-state index contributed by atoms with van der Waals surface area (Å²) in [5.74, 6) is 0. The predicted octanol–water partition coefficient (Wildman–Crippen LogP) is 1.55. The molecule has 0 aliphatic heterocycles. The Morgan fingerprint density at radius 3 is 3.00 bits per heavy atom. The van der Waals surface area contributed by atoms with Gasteiger partial charge < -0.3 is 15.5 Å². The quantitative estimate of drug-likeness (QED) is 0.791. The summed E-state index contributed by atoms with van der Waals surface area (Å²) in [6.07, 6.45) is 5.12. The number of nitrogens with one attached hydrogen (secondary N) is 1. The predicted molar refractivity (Wildman–Crippen MR) is 57.9 cm³/mol. The monoisotopic (exact) mass is 203 g/mol. The van der Waals surface area contributed by atoms with Crippen LogP contribution in [0.5, 0.6) is 0 Å². The number of nitrogen functional groups attached to an aromatic ring is 1. The number of hydrogen-bond acceptors (Lipinski definition) is 4. The van der Waals surface area contributed by atoms with Gasteiger partial charge in [-0.25, -0.2) is 0 Å². The summed E-state index contributed by atoms with van der Waals surface area (Å²) >= 11 is 0. The summed E-state index contributed by atoms with van der Waals surface area (Å²) < 4.78 is 4.96. The van der Waals surface area contributed by atoms with Crippen molar-refractivity contribution in [1.82, 2.24) is 10.3 Å². The summed E-state index contributed by atoms with van der Waals surface area (Å²) in [4.78, 5) is 4.19. The fourth-order valence-corrected chi connectivity index (χ4v) is 1.32. The molecule has 4 nitrogen and oxygen atoms in total. The van der Waals surface area contributed by atoms with Crippen LogP contribution in [0.2, 0.25) is 0 Å². The van der Waals surface area contributed by atoms with Crippen molar-refractivity contribution < 1.29 is 4.42 Å².